The number of amides is 1. The van der Waals surface area contributed by atoms with Crippen molar-refractivity contribution in [3.05, 3.63) is 63.3 Å². The molecule has 1 saturated heterocycles. The highest BCUT2D eigenvalue weighted by Gasteiger charge is 2.26. The van der Waals surface area contributed by atoms with Crippen molar-refractivity contribution in [2.75, 3.05) is 32.8 Å². The van der Waals surface area contributed by atoms with Crippen LogP contribution >= 0.6 is 0 Å². The molecule has 1 amide bonds. The van der Waals surface area contributed by atoms with Crippen LogP contribution in [-0.2, 0) is 29.0 Å². The highest BCUT2D eigenvalue weighted by molar-refractivity contribution is 5.76. The molecular weight excluding hydrogens is 404 g/mol. The van der Waals surface area contributed by atoms with Crippen LogP contribution in [0.5, 0.6) is 0 Å². The predicted octanol–water partition coefficient (Wildman–Crippen LogP) is 2.32. The summed E-state index contributed by atoms with van der Waals surface area (Å²) in [4.78, 5) is 34.2. The van der Waals surface area contributed by atoms with Crippen LogP contribution in [0.25, 0.3) is 0 Å². The van der Waals surface area contributed by atoms with Gasteiger partial charge in [-0.2, -0.15) is 4.98 Å². The maximum atomic E-state index is 13.3. The Hall–Kier alpha value is -2.51. The second kappa shape index (κ2) is 10.4. The van der Waals surface area contributed by atoms with Gasteiger partial charge >= 0.3 is 5.69 Å². The average Bonchev–Trinajstić information content (AvgIpc) is 2.79. The van der Waals surface area contributed by atoms with Crippen molar-refractivity contribution in [1.29, 1.82) is 0 Å². The third-order valence-corrected chi connectivity index (χ3v) is 6.67. The topological polar surface area (TPSA) is 67.7 Å². The summed E-state index contributed by atoms with van der Waals surface area (Å²) in [5, 5.41) is 0. The molecule has 1 aromatic heterocycles. The number of aromatic nitrogens is 2. The Kier molecular flexibility index (Phi) is 7.37. The standard InChI is InChI=1S/C25H34N4O3/c1-19-16-20(2)29(25(31)26-19)18-24(30)28(23-9-14-32-15-10-23)12-5-11-27-13-8-21-6-3-4-7-22(21)17-27/h3-4,6-7,16,23H,5,8-15,17-18H2,1-2H3. The molecule has 7 heteroatoms. The number of benzene rings is 1. The summed E-state index contributed by atoms with van der Waals surface area (Å²) in [6.45, 7) is 8.78. The van der Waals surface area contributed by atoms with Crippen LogP contribution in [0, 0.1) is 13.8 Å². The first-order valence-corrected chi connectivity index (χ1v) is 11.7. The third kappa shape index (κ3) is 5.45. The zero-order valence-corrected chi connectivity index (χ0v) is 19.3. The number of carbonyl (C=O) groups is 1. The minimum absolute atomic E-state index is 0.00302. The van der Waals surface area contributed by atoms with E-state index in [1.807, 2.05) is 17.9 Å². The first kappa shape index (κ1) is 22.7. The largest absolute Gasteiger partial charge is 0.381 e. The van der Waals surface area contributed by atoms with Crippen molar-refractivity contribution in [2.45, 2.75) is 58.7 Å². The normalized spacial score (nSPS) is 17.2. The SMILES string of the molecule is Cc1cc(C)n(CC(=O)N(CCCN2CCc3ccccc3C2)C2CCOCC2)c(=O)n1. The Balaban J connectivity index is 1.40. The number of hydrogen-bond acceptors (Lipinski definition) is 5. The van der Waals surface area contributed by atoms with Crippen molar-refractivity contribution < 1.29 is 9.53 Å². The molecule has 0 unspecified atom stereocenters. The van der Waals surface area contributed by atoms with Gasteiger partial charge in [0.05, 0.1) is 0 Å². The van der Waals surface area contributed by atoms with Gasteiger partial charge in [-0.3, -0.25) is 14.3 Å². The molecule has 0 N–H and O–H groups in total. The fourth-order valence-corrected chi connectivity index (χ4v) is 4.91. The number of hydrogen-bond donors (Lipinski definition) is 0. The van der Waals surface area contributed by atoms with E-state index in [-0.39, 0.29) is 24.2 Å². The third-order valence-electron chi connectivity index (χ3n) is 6.67. The summed E-state index contributed by atoms with van der Waals surface area (Å²) in [6.07, 6.45) is 3.71. The summed E-state index contributed by atoms with van der Waals surface area (Å²) >= 11 is 0. The zero-order valence-electron chi connectivity index (χ0n) is 19.3. The van der Waals surface area contributed by atoms with Crippen LogP contribution in [0.15, 0.2) is 35.1 Å². The Morgan fingerprint density at radius 3 is 2.69 bits per heavy atom. The van der Waals surface area contributed by atoms with Gasteiger partial charge in [0.25, 0.3) is 0 Å². The van der Waals surface area contributed by atoms with Gasteiger partial charge < -0.3 is 9.64 Å². The Morgan fingerprint density at radius 2 is 1.94 bits per heavy atom. The van der Waals surface area contributed by atoms with Crippen molar-refractivity contribution >= 4 is 5.91 Å². The van der Waals surface area contributed by atoms with Gasteiger partial charge in [0, 0.05) is 56.8 Å². The molecule has 0 aliphatic carbocycles. The average molecular weight is 439 g/mol. The van der Waals surface area contributed by atoms with Crippen LogP contribution in [0.1, 0.15) is 41.8 Å². The van der Waals surface area contributed by atoms with E-state index in [2.05, 4.69) is 34.1 Å². The Labute approximate surface area is 190 Å². The van der Waals surface area contributed by atoms with E-state index in [9.17, 15) is 9.59 Å². The highest BCUT2D eigenvalue weighted by Crippen LogP contribution is 2.20. The number of nitrogens with zero attached hydrogens (tertiary/aromatic N) is 4. The molecule has 2 aliphatic rings. The van der Waals surface area contributed by atoms with Gasteiger partial charge in [0.15, 0.2) is 0 Å². The van der Waals surface area contributed by atoms with E-state index in [1.54, 1.807) is 6.92 Å². The lowest BCUT2D eigenvalue weighted by atomic mass is 10.00. The maximum Gasteiger partial charge on any atom is 0.348 e. The lowest BCUT2D eigenvalue weighted by molar-refractivity contribution is -0.136. The summed E-state index contributed by atoms with van der Waals surface area (Å²) in [5.74, 6) is -0.00302. The Bertz CT molecular complexity index is 997. The Morgan fingerprint density at radius 1 is 1.19 bits per heavy atom. The van der Waals surface area contributed by atoms with Gasteiger partial charge in [-0.25, -0.2) is 4.79 Å². The van der Waals surface area contributed by atoms with Crippen LogP contribution in [0.2, 0.25) is 0 Å². The molecule has 2 aliphatic heterocycles. The molecule has 0 spiro atoms. The molecule has 3 heterocycles. The van der Waals surface area contributed by atoms with Crippen LogP contribution in [-0.4, -0.2) is 64.1 Å². The molecule has 0 atom stereocenters. The van der Waals surface area contributed by atoms with Crippen molar-refractivity contribution in [2.24, 2.45) is 0 Å². The molecule has 0 saturated carbocycles. The van der Waals surface area contributed by atoms with Crippen LogP contribution < -0.4 is 5.69 Å². The number of carbonyl (C=O) groups excluding carboxylic acids is 1. The minimum Gasteiger partial charge on any atom is -0.381 e. The fourth-order valence-electron chi connectivity index (χ4n) is 4.91. The number of fused-ring (bicyclic) bond motifs is 1. The summed E-state index contributed by atoms with van der Waals surface area (Å²) in [5.41, 5.74) is 3.97. The number of rotatable bonds is 7. The van der Waals surface area contributed by atoms with Crippen LogP contribution in [0.4, 0.5) is 0 Å². The van der Waals surface area contributed by atoms with E-state index in [1.165, 1.54) is 15.7 Å². The molecule has 7 nitrogen and oxygen atoms in total. The number of aryl methyl sites for hydroxylation is 2. The van der Waals surface area contributed by atoms with Crippen molar-refractivity contribution in [3.63, 3.8) is 0 Å². The maximum absolute atomic E-state index is 13.3. The molecule has 1 fully saturated rings. The van der Waals surface area contributed by atoms with Crippen LogP contribution in [0.3, 0.4) is 0 Å². The summed E-state index contributed by atoms with van der Waals surface area (Å²) < 4.78 is 7.01. The van der Waals surface area contributed by atoms with Gasteiger partial charge in [0.1, 0.15) is 6.54 Å². The fraction of sp³-hybridized carbons (Fsp3) is 0.560. The van der Waals surface area contributed by atoms with E-state index in [0.717, 1.165) is 51.0 Å². The first-order valence-electron chi connectivity index (χ1n) is 11.7. The van der Waals surface area contributed by atoms with E-state index >= 15 is 0 Å². The molecule has 172 valence electrons. The van der Waals surface area contributed by atoms with Gasteiger partial charge in [-0.1, -0.05) is 24.3 Å². The summed E-state index contributed by atoms with van der Waals surface area (Å²) in [6, 6.07) is 10.7. The van der Waals surface area contributed by atoms with Gasteiger partial charge in [-0.05, 0) is 56.7 Å². The minimum atomic E-state index is -0.352. The molecular formula is C25H34N4O3. The molecule has 4 rings (SSSR count). The first-order chi connectivity index (χ1) is 15.5. The van der Waals surface area contributed by atoms with Crippen molar-refractivity contribution in [3.8, 4) is 0 Å². The van der Waals surface area contributed by atoms with Crippen molar-refractivity contribution in [1.82, 2.24) is 19.4 Å². The van der Waals surface area contributed by atoms with Gasteiger partial charge in [0.2, 0.25) is 5.91 Å². The summed E-state index contributed by atoms with van der Waals surface area (Å²) in [7, 11) is 0. The molecule has 1 aromatic carbocycles. The second-order valence-corrected chi connectivity index (χ2v) is 8.99. The van der Waals surface area contributed by atoms with E-state index in [0.29, 0.717) is 25.5 Å². The molecule has 0 bridgehead atoms. The predicted molar refractivity (Wildman–Crippen MR) is 124 cm³/mol. The molecule has 2 aromatic rings. The lowest BCUT2D eigenvalue weighted by Gasteiger charge is -2.35. The van der Waals surface area contributed by atoms with E-state index in [4.69, 9.17) is 4.74 Å². The quantitative estimate of drug-likeness (QED) is 0.664. The van der Waals surface area contributed by atoms with Gasteiger partial charge in [-0.15, -0.1) is 0 Å². The second-order valence-electron chi connectivity index (χ2n) is 8.99. The number of ether oxygens (including phenoxy) is 1. The lowest BCUT2D eigenvalue weighted by Crippen LogP contribution is -2.47. The van der Waals surface area contributed by atoms with E-state index < -0.39 is 0 Å². The zero-order chi connectivity index (χ0) is 22.5. The highest BCUT2D eigenvalue weighted by atomic mass is 16.5. The smallest absolute Gasteiger partial charge is 0.348 e. The molecule has 32 heavy (non-hydrogen) atoms. The monoisotopic (exact) mass is 438 g/mol. The molecule has 0 radical (unpaired) electrons.